The molecular formula is C12H16N4O. The number of aromatic nitrogens is 3. The van der Waals surface area contributed by atoms with Crippen LogP contribution in [0.25, 0.3) is 0 Å². The van der Waals surface area contributed by atoms with Crippen molar-refractivity contribution in [1.29, 1.82) is 0 Å². The summed E-state index contributed by atoms with van der Waals surface area (Å²) in [5.74, 6) is 1.44. The van der Waals surface area contributed by atoms with Crippen molar-refractivity contribution in [2.24, 2.45) is 0 Å². The second kappa shape index (κ2) is 5.34. The molecule has 0 unspecified atom stereocenters. The molecule has 0 aliphatic heterocycles. The molecule has 2 heterocycles. The van der Waals surface area contributed by atoms with Gasteiger partial charge in [0.1, 0.15) is 5.82 Å². The number of H-pyrrole nitrogens is 1. The highest BCUT2D eigenvalue weighted by Gasteiger charge is 2.01. The first-order valence-electron chi connectivity index (χ1n) is 5.62. The molecule has 0 aliphatic carbocycles. The van der Waals surface area contributed by atoms with Crippen molar-refractivity contribution in [3.8, 4) is 5.88 Å². The minimum Gasteiger partial charge on any atom is -0.478 e. The molecule has 2 aromatic heterocycles. The molecule has 0 atom stereocenters. The molecule has 5 heteroatoms. The summed E-state index contributed by atoms with van der Waals surface area (Å²) in [6.45, 7) is 5.26. The third-order valence-electron chi connectivity index (χ3n) is 2.41. The van der Waals surface area contributed by atoms with Crippen molar-refractivity contribution < 1.29 is 4.74 Å². The van der Waals surface area contributed by atoms with Gasteiger partial charge in [0.2, 0.25) is 5.88 Å². The maximum Gasteiger partial charge on any atom is 0.215 e. The number of nitrogens with one attached hydrogen (secondary N) is 2. The zero-order valence-electron chi connectivity index (χ0n) is 10.0. The molecule has 0 fully saturated rings. The lowest BCUT2D eigenvalue weighted by atomic mass is 10.2. The minimum absolute atomic E-state index is 0.622. The Morgan fingerprint density at radius 2 is 2.29 bits per heavy atom. The molecule has 2 N–H and O–H groups in total. The minimum atomic E-state index is 0.622. The second-order valence-corrected chi connectivity index (χ2v) is 3.67. The summed E-state index contributed by atoms with van der Waals surface area (Å²) in [6.07, 6.45) is 1.81. The molecule has 0 radical (unpaired) electrons. The molecule has 2 rings (SSSR count). The fraction of sp³-hybridized carbons (Fsp3) is 0.333. The standard InChI is InChI=1S/C12H16N4O/c1-3-17-12-6-4-5-11(15-12)13-7-10-8-14-16-9(10)2/h4-6,8H,3,7H2,1-2H3,(H,13,15)(H,14,16). The van der Waals surface area contributed by atoms with E-state index in [1.54, 1.807) is 0 Å². The zero-order chi connectivity index (χ0) is 12.1. The molecule has 0 aliphatic rings. The van der Waals surface area contributed by atoms with E-state index in [1.807, 2.05) is 38.2 Å². The van der Waals surface area contributed by atoms with Crippen LogP contribution in [-0.2, 0) is 6.54 Å². The van der Waals surface area contributed by atoms with Gasteiger partial charge < -0.3 is 10.1 Å². The lowest BCUT2D eigenvalue weighted by molar-refractivity contribution is 0.327. The van der Waals surface area contributed by atoms with E-state index in [4.69, 9.17) is 4.74 Å². The van der Waals surface area contributed by atoms with Gasteiger partial charge in [-0.25, -0.2) is 0 Å². The fourth-order valence-corrected chi connectivity index (χ4v) is 1.48. The van der Waals surface area contributed by atoms with Gasteiger partial charge in [0.05, 0.1) is 12.8 Å². The summed E-state index contributed by atoms with van der Waals surface area (Å²) in [5, 5.41) is 10.1. The predicted octanol–water partition coefficient (Wildman–Crippen LogP) is 2.12. The number of aromatic amines is 1. The Kier molecular flexibility index (Phi) is 3.59. The van der Waals surface area contributed by atoms with E-state index >= 15 is 0 Å². The van der Waals surface area contributed by atoms with Crippen LogP contribution < -0.4 is 10.1 Å². The van der Waals surface area contributed by atoms with Gasteiger partial charge in [-0.1, -0.05) is 6.07 Å². The van der Waals surface area contributed by atoms with Gasteiger partial charge in [-0.2, -0.15) is 10.1 Å². The maximum absolute atomic E-state index is 5.34. The first-order valence-corrected chi connectivity index (χ1v) is 5.62. The predicted molar refractivity (Wildman–Crippen MR) is 66.1 cm³/mol. The molecule has 0 amide bonds. The SMILES string of the molecule is CCOc1cccc(NCc2cn[nH]c2C)n1. The Balaban J connectivity index is 1.99. The number of aryl methyl sites for hydroxylation is 1. The topological polar surface area (TPSA) is 62.8 Å². The summed E-state index contributed by atoms with van der Waals surface area (Å²) in [5.41, 5.74) is 2.20. The Morgan fingerprint density at radius 3 is 3.00 bits per heavy atom. The summed E-state index contributed by atoms with van der Waals surface area (Å²) in [7, 11) is 0. The van der Waals surface area contributed by atoms with Crippen molar-refractivity contribution in [3.05, 3.63) is 35.7 Å². The van der Waals surface area contributed by atoms with Crippen LogP contribution in [-0.4, -0.2) is 21.8 Å². The van der Waals surface area contributed by atoms with Crippen LogP contribution in [0.2, 0.25) is 0 Å². The second-order valence-electron chi connectivity index (χ2n) is 3.67. The monoisotopic (exact) mass is 232 g/mol. The van der Waals surface area contributed by atoms with Gasteiger partial charge >= 0.3 is 0 Å². The number of nitrogens with zero attached hydrogens (tertiary/aromatic N) is 2. The highest BCUT2D eigenvalue weighted by atomic mass is 16.5. The third kappa shape index (κ3) is 2.96. The molecular weight excluding hydrogens is 216 g/mol. The van der Waals surface area contributed by atoms with Crippen molar-refractivity contribution >= 4 is 5.82 Å². The Hall–Kier alpha value is -2.04. The zero-order valence-corrected chi connectivity index (χ0v) is 10.0. The van der Waals surface area contributed by atoms with E-state index in [0.717, 1.165) is 17.1 Å². The number of hydrogen-bond acceptors (Lipinski definition) is 4. The van der Waals surface area contributed by atoms with Gasteiger partial charge in [-0.3, -0.25) is 5.10 Å². The van der Waals surface area contributed by atoms with E-state index < -0.39 is 0 Å². The van der Waals surface area contributed by atoms with Crippen LogP contribution in [0.1, 0.15) is 18.2 Å². The normalized spacial score (nSPS) is 10.2. The van der Waals surface area contributed by atoms with Crippen molar-refractivity contribution in [1.82, 2.24) is 15.2 Å². The van der Waals surface area contributed by atoms with Gasteiger partial charge in [-0.05, 0) is 19.9 Å². The largest absolute Gasteiger partial charge is 0.478 e. The fourth-order valence-electron chi connectivity index (χ4n) is 1.48. The Labute approximate surface area is 100 Å². The third-order valence-corrected chi connectivity index (χ3v) is 2.41. The van der Waals surface area contributed by atoms with E-state index in [-0.39, 0.29) is 0 Å². The molecule has 0 aromatic carbocycles. The summed E-state index contributed by atoms with van der Waals surface area (Å²) < 4.78 is 5.34. The van der Waals surface area contributed by atoms with E-state index in [9.17, 15) is 0 Å². The molecule has 5 nitrogen and oxygen atoms in total. The first kappa shape index (κ1) is 11.4. The number of pyridine rings is 1. The number of hydrogen-bond donors (Lipinski definition) is 2. The smallest absolute Gasteiger partial charge is 0.215 e. The molecule has 17 heavy (non-hydrogen) atoms. The van der Waals surface area contributed by atoms with Gasteiger partial charge in [0.15, 0.2) is 0 Å². The van der Waals surface area contributed by atoms with Crippen molar-refractivity contribution in [3.63, 3.8) is 0 Å². The Bertz CT molecular complexity index is 481. The summed E-state index contributed by atoms with van der Waals surface area (Å²) in [6, 6.07) is 5.68. The van der Waals surface area contributed by atoms with E-state index in [1.165, 1.54) is 0 Å². The summed E-state index contributed by atoms with van der Waals surface area (Å²) >= 11 is 0. The number of rotatable bonds is 5. The average Bonchev–Trinajstić information content (AvgIpc) is 2.73. The lowest BCUT2D eigenvalue weighted by Gasteiger charge is -2.07. The average molecular weight is 232 g/mol. The van der Waals surface area contributed by atoms with Gasteiger partial charge in [0, 0.05) is 23.9 Å². The van der Waals surface area contributed by atoms with Crippen molar-refractivity contribution in [2.75, 3.05) is 11.9 Å². The van der Waals surface area contributed by atoms with Gasteiger partial charge in [-0.15, -0.1) is 0 Å². The van der Waals surface area contributed by atoms with E-state index in [2.05, 4.69) is 20.5 Å². The van der Waals surface area contributed by atoms with Crippen LogP contribution in [0, 0.1) is 6.92 Å². The number of ether oxygens (including phenoxy) is 1. The van der Waals surface area contributed by atoms with Crippen LogP contribution in [0.5, 0.6) is 5.88 Å². The molecule has 0 saturated heterocycles. The molecule has 0 bridgehead atoms. The Morgan fingerprint density at radius 1 is 1.41 bits per heavy atom. The summed E-state index contributed by atoms with van der Waals surface area (Å²) in [4.78, 5) is 4.33. The van der Waals surface area contributed by atoms with Crippen LogP contribution in [0.4, 0.5) is 5.82 Å². The number of anilines is 1. The first-order chi connectivity index (χ1) is 8.29. The maximum atomic E-state index is 5.34. The van der Waals surface area contributed by atoms with Crippen molar-refractivity contribution in [2.45, 2.75) is 20.4 Å². The van der Waals surface area contributed by atoms with E-state index in [0.29, 0.717) is 19.0 Å². The van der Waals surface area contributed by atoms with Crippen LogP contribution in [0.3, 0.4) is 0 Å². The molecule has 90 valence electrons. The quantitative estimate of drug-likeness (QED) is 0.829. The molecule has 0 spiro atoms. The van der Waals surface area contributed by atoms with Crippen LogP contribution >= 0.6 is 0 Å². The van der Waals surface area contributed by atoms with Gasteiger partial charge in [0.25, 0.3) is 0 Å². The van der Waals surface area contributed by atoms with Crippen LogP contribution in [0.15, 0.2) is 24.4 Å². The molecule has 0 saturated carbocycles. The highest BCUT2D eigenvalue weighted by Crippen LogP contribution is 2.13. The highest BCUT2D eigenvalue weighted by molar-refractivity contribution is 5.38. The lowest BCUT2D eigenvalue weighted by Crippen LogP contribution is -2.03. The molecule has 2 aromatic rings.